The van der Waals surface area contributed by atoms with E-state index in [9.17, 15) is 19.0 Å². The van der Waals surface area contributed by atoms with Gasteiger partial charge in [0.05, 0.1) is 27.7 Å². The first-order chi connectivity index (χ1) is 51.5. The topological polar surface area (TPSA) is 111 Å². The number of nitrogens with zero attached hydrogens (tertiary/aromatic N) is 1. The van der Waals surface area contributed by atoms with Crippen molar-refractivity contribution in [1.29, 1.82) is 0 Å². The van der Waals surface area contributed by atoms with Crippen LogP contribution in [0.4, 0.5) is 0 Å². The third-order valence-electron chi connectivity index (χ3n) is 19.7. The van der Waals surface area contributed by atoms with Crippen molar-refractivity contribution >= 4 is 19.8 Å². The fourth-order valence-corrected chi connectivity index (χ4v) is 13.7. The number of likely N-dealkylation sites (N-methyl/N-ethyl adjacent to an activating group) is 1. The molecule has 0 saturated carbocycles. The van der Waals surface area contributed by atoms with E-state index in [2.05, 4.69) is 135 Å². The molecule has 105 heavy (non-hydrogen) atoms. The van der Waals surface area contributed by atoms with Gasteiger partial charge in [0.1, 0.15) is 19.8 Å². The maximum absolute atomic E-state index is 12.9. The molecule has 0 fully saturated rings. The summed E-state index contributed by atoms with van der Waals surface area (Å²) in [5, 5.41) is 0. The van der Waals surface area contributed by atoms with Crippen LogP contribution < -0.4 is 4.89 Å². The molecule has 2 atom stereocenters. The Morgan fingerprint density at radius 1 is 0.305 bits per heavy atom. The predicted octanol–water partition coefficient (Wildman–Crippen LogP) is 29.8. The van der Waals surface area contributed by atoms with E-state index in [1.54, 1.807) is 0 Å². The molecular formula is C95H170NO8P. The second kappa shape index (κ2) is 84.4. The van der Waals surface area contributed by atoms with Gasteiger partial charge in [-0.05, 0) is 89.9 Å². The van der Waals surface area contributed by atoms with Crippen molar-refractivity contribution in [2.75, 3.05) is 47.5 Å². The lowest BCUT2D eigenvalue weighted by Crippen LogP contribution is -2.37. The van der Waals surface area contributed by atoms with Crippen LogP contribution in [0.2, 0.25) is 0 Å². The lowest BCUT2D eigenvalue weighted by atomic mass is 10.0. The number of rotatable bonds is 83. The monoisotopic (exact) mass is 1480 g/mol. The van der Waals surface area contributed by atoms with Crippen LogP contribution in [0, 0.1) is 0 Å². The normalized spacial score (nSPS) is 13.5. The van der Waals surface area contributed by atoms with Gasteiger partial charge in [-0.25, -0.2) is 0 Å². The van der Waals surface area contributed by atoms with Crippen LogP contribution in [-0.4, -0.2) is 70.0 Å². The summed E-state index contributed by atoms with van der Waals surface area (Å²) in [5.74, 6) is -0.826. The fraction of sp³-hybridized carbons (Fsp3) is 0.768. The minimum atomic E-state index is -4.66. The van der Waals surface area contributed by atoms with Gasteiger partial charge in [0.2, 0.25) is 0 Å². The Bertz CT molecular complexity index is 2200. The Morgan fingerprint density at radius 3 is 0.810 bits per heavy atom. The van der Waals surface area contributed by atoms with Gasteiger partial charge in [0, 0.05) is 12.8 Å². The van der Waals surface area contributed by atoms with E-state index in [4.69, 9.17) is 18.5 Å². The Morgan fingerprint density at radius 2 is 0.543 bits per heavy atom. The number of ether oxygens (including phenoxy) is 2. The van der Waals surface area contributed by atoms with Gasteiger partial charge in [-0.1, -0.05) is 437 Å². The highest BCUT2D eigenvalue weighted by molar-refractivity contribution is 7.45. The molecule has 0 aromatic rings. The summed E-state index contributed by atoms with van der Waals surface area (Å²) >= 11 is 0. The van der Waals surface area contributed by atoms with Crippen LogP contribution in [0.15, 0.2) is 122 Å². The van der Waals surface area contributed by atoms with E-state index in [1.807, 2.05) is 21.1 Å². The molecule has 0 aromatic carbocycles. The molecule has 2 unspecified atom stereocenters. The second-order valence-electron chi connectivity index (χ2n) is 31.2. The van der Waals surface area contributed by atoms with Crippen LogP contribution in [0.5, 0.6) is 0 Å². The zero-order chi connectivity index (χ0) is 76.1. The first-order valence-electron chi connectivity index (χ1n) is 44.7. The molecule has 9 nitrogen and oxygen atoms in total. The highest BCUT2D eigenvalue weighted by Gasteiger charge is 2.22. The average Bonchev–Trinajstić information content (AvgIpc) is 0.935. The molecule has 0 saturated heterocycles. The molecule has 0 aliphatic rings. The quantitative estimate of drug-likeness (QED) is 0.0195. The van der Waals surface area contributed by atoms with E-state index in [-0.39, 0.29) is 32.0 Å². The number of quaternary nitrogens is 1. The van der Waals surface area contributed by atoms with Gasteiger partial charge in [-0.2, -0.15) is 0 Å². The molecule has 0 heterocycles. The lowest BCUT2D eigenvalue weighted by molar-refractivity contribution is -0.870. The smallest absolute Gasteiger partial charge is 0.306 e. The molecular weight excluding hydrogens is 1310 g/mol. The highest BCUT2D eigenvalue weighted by atomic mass is 31.2. The van der Waals surface area contributed by atoms with E-state index >= 15 is 0 Å². The van der Waals surface area contributed by atoms with Crippen LogP contribution in [-0.2, 0) is 32.7 Å². The predicted molar refractivity (Wildman–Crippen MR) is 457 cm³/mol. The van der Waals surface area contributed by atoms with E-state index < -0.39 is 26.5 Å². The number of esters is 2. The molecule has 0 aromatic heterocycles. The van der Waals surface area contributed by atoms with Gasteiger partial charge in [-0.15, -0.1) is 0 Å². The van der Waals surface area contributed by atoms with Crippen molar-refractivity contribution in [3.05, 3.63) is 122 Å². The number of allylic oxidation sites excluding steroid dienone is 20. The summed E-state index contributed by atoms with van der Waals surface area (Å²) in [7, 11) is 1.17. The zero-order valence-corrected chi connectivity index (χ0v) is 70.6. The van der Waals surface area contributed by atoms with E-state index in [1.165, 1.54) is 276 Å². The van der Waals surface area contributed by atoms with E-state index in [0.717, 1.165) is 109 Å². The maximum Gasteiger partial charge on any atom is 0.306 e. The summed E-state index contributed by atoms with van der Waals surface area (Å²) in [6.07, 6.45) is 122. The largest absolute Gasteiger partial charge is 0.756 e. The van der Waals surface area contributed by atoms with Gasteiger partial charge in [-0.3, -0.25) is 14.2 Å². The van der Waals surface area contributed by atoms with Crippen molar-refractivity contribution in [1.82, 2.24) is 0 Å². The maximum atomic E-state index is 12.9. The SMILES string of the molecule is CC/C=C\C/C=C\C/C=C\C/C=C\C/C=C\C/C=C\C/C=C\C/C=C\C/C=C\C/C=C\CCCCCCCCCCCCC(=O)OC(COC(=O)CCCCCCCCCCCCCCCCCCCCCCCCCCCCCCCCCCCCCCCCCC)COP(=O)([O-])OCC[N+](C)(C)C. The Kier molecular flexibility index (Phi) is 81.5. The first-order valence-corrected chi connectivity index (χ1v) is 46.2. The molecule has 10 heteroatoms. The summed E-state index contributed by atoms with van der Waals surface area (Å²) in [5.41, 5.74) is 0. The Balaban J connectivity index is 3.93. The Hall–Kier alpha value is -3.59. The van der Waals surface area contributed by atoms with Crippen LogP contribution in [0.1, 0.15) is 418 Å². The van der Waals surface area contributed by atoms with Gasteiger partial charge < -0.3 is 27.9 Å². The van der Waals surface area contributed by atoms with Gasteiger partial charge in [0.15, 0.2) is 6.10 Å². The zero-order valence-electron chi connectivity index (χ0n) is 69.7. The number of unbranched alkanes of at least 4 members (excludes halogenated alkanes) is 49. The molecule has 0 rings (SSSR count). The minimum absolute atomic E-state index is 0.0345. The molecule has 0 spiro atoms. The Labute approximate surface area is 651 Å². The number of phosphoric ester groups is 1. The first kappa shape index (κ1) is 101. The molecule has 0 aliphatic carbocycles. The number of carbonyl (C=O) groups is 2. The minimum Gasteiger partial charge on any atom is -0.756 e. The molecule has 0 aliphatic heterocycles. The van der Waals surface area contributed by atoms with Crippen LogP contribution in [0.25, 0.3) is 0 Å². The van der Waals surface area contributed by atoms with Crippen molar-refractivity contribution < 1.29 is 42.1 Å². The molecule has 0 radical (unpaired) electrons. The van der Waals surface area contributed by atoms with Crippen molar-refractivity contribution in [3.8, 4) is 0 Å². The van der Waals surface area contributed by atoms with E-state index in [0.29, 0.717) is 17.4 Å². The highest BCUT2D eigenvalue weighted by Crippen LogP contribution is 2.38. The van der Waals surface area contributed by atoms with Crippen molar-refractivity contribution in [2.45, 2.75) is 424 Å². The van der Waals surface area contributed by atoms with Crippen LogP contribution in [0.3, 0.4) is 0 Å². The third kappa shape index (κ3) is 89.2. The summed E-state index contributed by atoms with van der Waals surface area (Å²) in [6.45, 7) is 4.17. The summed E-state index contributed by atoms with van der Waals surface area (Å²) in [4.78, 5) is 38.3. The molecule has 0 amide bonds. The van der Waals surface area contributed by atoms with Crippen molar-refractivity contribution in [3.63, 3.8) is 0 Å². The number of phosphoric acid groups is 1. The number of carbonyl (C=O) groups excluding carboxylic acids is 2. The summed E-state index contributed by atoms with van der Waals surface area (Å²) in [6, 6.07) is 0. The van der Waals surface area contributed by atoms with Gasteiger partial charge in [0.25, 0.3) is 7.82 Å². The second-order valence-corrected chi connectivity index (χ2v) is 32.7. The lowest BCUT2D eigenvalue weighted by Gasteiger charge is -2.28. The van der Waals surface area contributed by atoms with Crippen LogP contribution >= 0.6 is 7.82 Å². The fourth-order valence-electron chi connectivity index (χ4n) is 13.0. The number of hydrogen-bond donors (Lipinski definition) is 0. The molecule has 0 bridgehead atoms. The summed E-state index contributed by atoms with van der Waals surface area (Å²) < 4.78 is 34.5. The molecule has 0 N–H and O–H groups in total. The third-order valence-corrected chi connectivity index (χ3v) is 20.7. The number of hydrogen-bond acceptors (Lipinski definition) is 8. The van der Waals surface area contributed by atoms with Gasteiger partial charge >= 0.3 is 11.9 Å². The standard InChI is InChI=1S/C95H170NO8P/c1-6-8-10-12-14-16-18-20-22-24-26-28-30-32-34-36-38-40-42-44-46-48-50-52-54-56-58-60-62-64-66-68-70-72-74-76-78-80-82-84-86-88-95(98)104-93(92-103-105(99,100)102-90-89-96(3,4)5)91-101-94(97)87-85-83-81-79-77-75-73-71-69-67-65-63-61-59-57-55-53-51-49-47-45-43-41-39-37-35-33-31-29-27-25-23-21-19-17-15-13-11-9-7-2/h8,10,14,16,20,22,26,28,32,34,38,40,44,46,50,52,56,58,62,64,93H,6-7,9,11-13,15,17-19,21,23-25,27,29-31,33,35-37,39,41-43,45,47-49,51,53-55,57,59-61,63,65-92H2,1-5H3/b10-8-,16-14-,22-20-,28-26-,34-32-,40-38-,46-44-,52-50-,58-56-,64-62-. The van der Waals surface area contributed by atoms with Crippen molar-refractivity contribution in [2.24, 2.45) is 0 Å². The average molecular weight is 1490 g/mol. The molecule has 608 valence electrons.